The lowest BCUT2D eigenvalue weighted by Gasteiger charge is -2.06. The summed E-state index contributed by atoms with van der Waals surface area (Å²) in [6.07, 6.45) is 0. The van der Waals surface area contributed by atoms with E-state index in [-0.39, 0.29) is 5.91 Å². The van der Waals surface area contributed by atoms with E-state index in [0.717, 1.165) is 11.5 Å². The minimum atomic E-state index is -0.392. The van der Waals surface area contributed by atoms with Crippen LogP contribution in [0.1, 0.15) is 21.5 Å². The van der Waals surface area contributed by atoms with E-state index in [9.17, 15) is 9.18 Å². The van der Waals surface area contributed by atoms with Gasteiger partial charge in [-0.1, -0.05) is 35.9 Å². The molecule has 4 heteroatoms. The van der Waals surface area contributed by atoms with Gasteiger partial charge in [0.05, 0.1) is 0 Å². The van der Waals surface area contributed by atoms with Crippen molar-refractivity contribution < 1.29 is 9.18 Å². The van der Waals surface area contributed by atoms with Crippen LogP contribution in [0, 0.1) is 12.7 Å². The van der Waals surface area contributed by atoms with Crippen LogP contribution in [0.4, 0.5) is 4.39 Å². The maximum atomic E-state index is 13.0. The van der Waals surface area contributed by atoms with E-state index in [1.54, 1.807) is 17.8 Å². The highest BCUT2D eigenvalue weighted by atomic mass is 32.2. The summed E-state index contributed by atoms with van der Waals surface area (Å²) in [6, 6.07) is 14.2. The monoisotopic (exact) mass is 303 g/mol. The number of aryl methyl sites for hydroxylation is 1. The van der Waals surface area contributed by atoms with Crippen molar-refractivity contribution in [3.8, 4) is 0 Å². The summed E-state index contributed by atoms with van der Waals surface area (Å²) in [6.45, 7) is 2.64. The number of thioether (sulfide) groups is 1. The van der Waals surface area contributed by atoms with Crippen LogP contribution in [-0.2, 0) is 5.75 Å². The van der Waals surface area contributed by atoms with Crippen LogP contribution in [0.25, 0.3) is 0 Å². The van der Waals surface area contributed by atoms with Crippen molar-refractivity contribution in [1.82, 2.24) is 5.32 Å². The fourth-order valence-corrected chi connectivity index (χ4v) is 2.66. The Balaban J connectivity index is 1.68. The van der Waals surface area contributed by atoms with E-state index in [1.807, 2.05) is 0 Å². The number of amides is 1. The van der Waals surface area contributed by atoms with Gasteiger partial charge in [0.25, 0.3) is 5.91 Å². The Morgan fingerprint density at radius 1 is 1.19 bits per heavy atom. The van der Waals surface area contributed by atoms with Gasteiger partial charge >= 0.3 is 0 Å². The Labute approximate surface area is 128 Å². The van der Waals surface area contributed by atoms with Crippen LogP contribution >= 0.6 is 11.8 Å². The van der Waals surface area contributed by atoms with Gasteiger partial charge in [0.1, 0.15) is 5.82 Å². The lowest BCUT2D eigenvalue weighted by Crippen LogP contribution is -2.25. The molecule has 0 aliphatic heterocycles. The van der Waals surface area contributed by atoms with Gasteiger partial charge in [-0.3, -0.25) is 4.79 Å². The molecule has 2 aromatic rings. The average Bonchev–Trinajstić information content (AvgIpc) is 2.48. The zero-order valence-corrected chi connectivity index (χ0v) is 12.8. The fraction of sp³-hybridized carbons (Fsp3) is 0.235. The molecule has 0 fully saturated rings. The Bertz CT molecular complexity index is 598. The van der Waals surface area contributed by atoms with E-state index >= 15 is 0 Å². The van der Waals surface area contributed by atoms with Crippen LogP contribution in [0.15, 0.2) is 48.5 Å². The number of nitrogens with one attached hydrogen (secondary N) is 1. The second-order valence-electron chi connectivity index (χ2n) is 4.80. The Kier molecular flexibility index (Phi) is 5.81. The molecule has 0 aliphatic rings. The van der Waals surface area contributed by atoms with Crippen molar-refractivity contribution in [3.05, 3.63) is 71.0 Å². The Morgan fingerprint density at radius 2 is 1.95 bits per heavy atom. The quantitative estimate of drug-likeness (QED) is 0.823. The smallest absolute Gasteiger partial charge is 0.251 e. The van der Waals surface area contributed by atoms with E-state index in [4.69, 9.17) is 0 Å². The highest BCUT2D eigenvalue weighted by Crippen LogP contribution is 2.12. The minimum absolute atomic E-state index is 0.231. The molecule has 0 saturated heterocycles. The zero-order valence-electron chi connectivity index (χ0n) is 11.9. The highest BCUT2D eigenvalue weighted by Gasteiger charge is 2.05. The number of carbonyl (C=O) groups excluding carboxylic acids is 1. The third-order valence-electron chi connectivity index (χ3n) is 3.01. The number of hydrogen-bond acceptors (Lipinski definition) is 2. The molecule has 0 spiro atoms. The fourth-order valence-electron chi connectivity index (χ4n) is 1.84. The first-order chi connectivity index (χ1) is 10.1. The number of halogens is 1. The molecular formula is C17H18FNOS. The first kappa shape index (κ1) is 15.6. The average molecular weight is 303 g/mol. The molecule has 0 atom stereocenters. The van der Waals surface area contributed by atoms with Gasteiger partial charge in [-0.15, -0.1) is 0 Å². The zero-order chi connectivity index (χ0) is 15.1. The molecular weight excluding hydrogens is 285 g/mol. The van der Waals surface area contributed by atoms with Crippen LogP contribution in [0.3, 0.4) is 0 Å². The first-order valence-corrected chi connectivity index (χ1v) is 7.97. The molecule has 0 saturated carbocycles. The van der Waals surface area contributed by atoms with Crippen LogP contribution < -0.4 is 5.32 Å². The summed E-state index contributed by atoms with van der Waals surface area (Å²) in [7, 11) is 0. The molecule has 0 unspecified atom stereocenters. The van der Waals surface area contributed by atoms with E-state index in [2.05, 4.69) is 36.5 Å². The number of hydrogen-bond donors (Lipinski definition) is 1. The summed E-state index contributed by atoms with van der Waals surface area (Å²) in [5.41, 5.74) is 2.90. The highest BCUT2D eigenvalue weighted by molar-refractivity contribution is 7.98. The number of rotatable bonds is 6. The number of benzene rings is 2. The van der Waals surface area contributed by atoms with Crippen molar-refractivity contribution in [2.75, 3.05) is 12.3 Å². The van der Waals surface area contributed by atoms with E-state index < -0.39 is 5.82 Å². The molecule has 1 amide bonds. The molecule has 21 heavy (non-hydrogen) atoms. The molecule has 2 rings (SSSR count). The van der Waals surface area contributed by atoms with Gasteiger partial charge in [-0.25, -0.2) is 4.39 Å². The third-order valence-corrected chi connectivity index (χ3v) is 4.04. The van der Waals surface area contributed by atoms with Gasteiger partial charge in [-0.05, 0) is 30.7 Å². The summed E-state index contributed by atoms with van der Waals surface area (Å²) in [5, 5.41) is 2.80. The van der Waals surface area contributed by atoms with Crippen molar-refractivity contribution >= 4 is 17.7 Å². The predicted octanol–water partition coefficient (Wildman–Crippen LogP) is 3.80. The molecule has 0 radical (unpaired) electrons. The molecule has 2 aromatic carbocycles. The van der Waals surface area contributed by atoms with Crippen molar-refractivity contribution in [2.45, 2.75) is 12.7 Å². The normalized spacial score (nSPS) is 10.4. The van der Waals surface area contributed by atoms with Crippen LogP contribution in [-0.4, -0.2) is 18.2 Å². The van der Waals surface area contributed by atoms with Crippen LogP contribution in [0.2, 0.25) is 0 Å². The second-order valence-corrected chi connectivity index (χ2v) is 5.91. The van der Waals surface area contributed by atoms with Crippen molar-refractivity contribution in [2.24, 2.45) is 0 Å². The maximum Gasteiger partial charge on any atom is 0.251 e. The lowest BCUT2D eigenvalue weighted by atomic mass is 10.2. The SMILES string of the molecule is Cc1ccc(CSCCNC(=O)c2cccc(F)c2)cc1. The predicted molar refractivity (Wildman–Crippen MR) is 86.1 cm³/mol. The second kappa shape index (κ2) is 7.84. The molecule has 0 aromatic heterocycles. The summed E-state index contributed by atoms with van der Waals surface area (Å²) in [5.74, 6) is 1.13. The largest absolute Gasteiger partial charge is 0.351 e. The van der Waals surface area contributed by atoms with E-state index in [0.29, 0.717) is 12.1 Å². The summed E-state index contributed by atoms with van der Waals surface area (Å²) >= 11 is 1.76. The Hall–Kier alpha value is -1.81. The van der Waals surface area contributed by atoms with Crippen LogP contribution in [0.5, 0.6) is 0 Å². The standard InChI is InChI=1S/C17H18FNOS/c1-13-5-7-14(8-6-13)12-21-10-9-19-17(20)15-3-2-4-16(18)11-15/h2-8,11H,9-10,12H2,1H3,(H,19,20). The van der Waals surface area contributed by atoms with Gasteiger partial charge in [0.2, 0.25) is 0 Å². The van der Waals surface area contributed by atoms with Crippen molar-refractivity contribution in [1.29, 1.82) is 0 Å². The summed E-state index contributed by atoms with van der Waals surface area (Å²) in [4.78, 5) is 11.8. The molecule has 2 nitrogen and oxygen atoms in total. The molecule has 0 aliphatic carbocycles. The molecule has 0 bridgehead atoms. The van der Waals surface area contributed by atoms with Gasteiger partial charge in [0.15, 0.2) is 0 Å². The van der Waals surface area contributed by atoms with E-state index in [1.165, 1.54) is 29.3 Å². The summed E-state index contributed by atoms with van der Waals surface area (Å²) < 4.78 is 13.0. The van der Waals surface area contributed by atoms with Gasteiger partial charge in [0, 0.05) is 23.6 Å². The first-order valence-electron chi connectivity index (χ1n) is 6.82. The topological polar surface area (TPSA) is 29.1 Å². The third kappa shape index (κ3) is 5.23. The number of carbonyl (C=O) groups is 1. The minimum Gasteiger partial charge on any atom is -0.351 e. The lowest BCUT2D eigenvalue weighted by molar-refractivity contribution is 0.0955. The molecule has 110 valence electrons. The van der Waals surface area contributed by atoms with Gasteiger partial charge in [-0.2, -0.15) is 11.8 Å². The maximum absolute atomic E-state index is 13.0. The van der Waals surface area contributed by atoms with Crippen molar-refractivity contribution in [3.63, 3.8) is 0 Å². The van der Waals surface area contributed by atoms with Gasteiger partial charge < -0.3 is 5.32 Å². The Morgan fingerprint density at radius 3 is 2.67 bits per heavy atom. The molecule has 1 N–H and O–H groups in total. The molecule has 0 heterocycles.